The summed E-state index contributed by atoms with van der Waals surface area (Å²) in [4.78, 5) is 11.6. The minimum atomic E-state index is -3.95. The molecule has 2 aromatic rings. The monoisotopic (exact) mass is 390 g/mol. The van der Waals surface area contributed by atoms with Gasteiger partial charge in [0, 0.05) is 21.6 Å². The molecule has 9 heteroatoms. The van der Waals surface area contributed by atoms with Crippen LogP contribution in [-0.2, 0) is 16.6 Å². The molecule has 0 saturated carbocycles. The summed E-state index contributed by atoms with van der Waals surface area (Å²) in [6, 6.07) is 5.46. The fourth-order valence-electron chi connectivity index (χ4n) is 1.64. The largest absolute Gasteiger partial charge is 0.478 e. The Labute approximate surface area is 133 Å². The first-order chi connectivity index (χ1) is 9.81. The molecule has 0 saturated heterocycles. The molecule has 1 aromatic heterocycles. The van der Waals surface area contributed by atoms with Gasteiger partial charge in [0.05, 0.1) is 10.5 Å². The molecule has 1 aromatic carbocycles. The number of anilines is 1. The van der Waals surface area contributed by atoms with Crippen molar-refractivity contribution in [1.82, 2.24) is 4.72 Å². The average Bonchev–Trinajstić information content (AvgIpc) is 2.81. The number of hydrogen-bond donors (Lipinski definition) is 3. The number of halogens is 1. The number of nitrogens with two attached hydrogens (primary N) is 1. The van der Waals surface area contributed by atoms with Crippen molar-refractivity contribution in [3.05, 3.63) is 44.6 Å². The third kappa shape index (κ3) is 3.62. The zero-order valence-electron chi connectivity index (χ0n) is 10.5. The molecule has 112 valence electrons. The van der Waals surface area contributed by atoms with Crippen molar-refractivity contribution in [2.75, 3.05) is 5.73 Å². The molecule has 0 bridgehead atoms. The van der Waals surface area contributed by atoms with Gasteiger partial charge in [-0.3, -0.25) is 0 Å². The molecule has 0 atom stereocenters. The van der Waals surface area contributed by atoms with Crippen molar-refractivity contribution in [3.8, 4) is 0 Å². The Bertz CT molecular complexity index is 786. The van der Waals surface area contributed by atoms with Gasteiger partial charge in [-0.25, -0.2) is 17.9 Å². The minimum Gasteiger partial charge on any atom is -0.478 e. The van der Waals surface area contributed by atoms with Gasteiger partial charge in [-0.2, -0.15) is 0 Å². The van der Waals surface area contributed by atoms with E-state index in [1.165, 1.54) is 23.5 Å². The molecule has 4 N–H and O–H groups in total. The van der Waals surface area contributed by atoms with Gasteiger partial charge in [0.1, 0.15) is 0 Å². The fourth-order valence-corrected chi connectivity index (χ4v) is 4.33. The highest BCUT2D eigenvalue weighted by Gasteiger charge is 2.22. The van der Waals surface area contributed by atoms with E-state index in [2.05, 4.69) is 20.7 Å². The number of sulfonamides is 1. The second kappa shape index (κ2) is 6.14. The second-order valence-electron chi connectivity index (χ2n) is 4.08. The Hall–Kier alpha value is -1.42. The Morgan fingerprint density at radius 2 is 2.10 bits per heavy atom. The van der Waals surface area contributed by atoms with Gasteiger partial charge in [-0.15, -0.1) is 11.3 Å². The minimum absolute atomic E-state index is 0.0734. The molecule has 0 unspecified atom stereocenters. The number of carboxylic acid groups (broad SMARTS) is 1. The smallest absolute Gasteiger partial charge is 0.337 e. The number of nitrogen functional groups attached to an aromatic ring is 1. The highest BCUT2D eigenvalue weighted by Crippen LogP contribution is 2.24. The number of nitrogens with one attached hydrogen (secondary N) is 1. The molecule has 2 rings (SSSR count). The van der Waals surface area contributed by atoms with Gasteiger partial charge in [0.25, 0.3) is 0 Å². The lowest BCUT2D eigenvalue weighted by Crippen LogP contribution is -2.25. The third-order valence-electron chi connectivity index (χ3n) is 2.64. The van der Waals surface area contributed by atoms with Crippen molar-refractivity contribution in [3.63, 3.8) is 0 Å². The number of aromatic carboxylic acids is 1. The maximum atomic E-state index is 12.2. The molecule has 0 amide bonds. The van der Waals surface area contributed by atoms with E-state index in [-0.39, 0.29) is 22.7 Å². The highest BCUT2D eigenvalue weighted by molar-refractivity contribution is 9.10. The predicted octanol–water partition coefficient (Wildman–Crippen LogP) is 2.27. The van der Waals surface area contributed by atoms with E-state index >= 15 is 0 Å². The van der Waals surface area contributed by atoms with Crippen LogP contribution in [0.4, 0.5) is 5.69 Å². The van der Waals surface area contributed by atoms with Crippen LogP contribution in [0.5, 0.6) is 0 Å². The normalized spacial score (nSPS) is 11.5. The van der Waals surface area contributed by atoms with Crippen LogP contribution in [0.15, 0.2) is 39.0 Å². The fraction of sp³-hybridized carbons (Fsp3) is 0.0833. The Kier molecular flexibility index (Phi) is 4.67. The van der Waals surface area contributed by atoms with Crippen LogP contribution < -0.4 is 10.5 Å². The number of hydrogen-bond acceptors (Lipinski definition) is 5. The molecule has 0 fully saturated rings. The highest BCUT2D eigenvalue weighted by atomic mass is 79.9. The van der Waals surface area contributed by atoms with E-state index in [1.54, 1.807) is 6.07 Å². The Morgan fingerprint density at radius 3 is 2.67 bits per heavy atom. The van der Waals surface area contributed by atoms with E-state index in [9.17, 15) is 13.2 Å². The standard InChI is InChI=1S/C12H11BrN2O4S2/c13-9-3-4-20-10(9)6-15-21(18,19)11-2-1-7(14)5-8(11)12(16)17/h1-5,15H,6,14H2,(H,16,17). The van der Waals surface area contributed by atoms with Crippen LogP contribution in [0.2, 0.25) is 0 Å². The predicted molar refractivity (Wildman–Crippen MR) is 83.9 cm³/mol. The molecule has 0 aliphatic carbocycles. The molecular weight excluding hydrogens is 380 g/mol. The molecule has 21 heavy (non-hydrogen) atoms. The van der Waals surface area contributed by atoms with Gasteiger partial charge in [0.2, 0.25) is 10.0 Å². The summed E-state index contributed by atoms with van der Waals surface area (Å²) < 4.78 is 27.7. The molecule has 0 aliphatic heterocycles. The first-order valence-electron chi connectivity index (χ1n) is 5.65. The summed E-state index contributed by atoms with van der Waals surface area (Å²) in [5.74, 6) is -1.35. The summed E-state index contributed by atoms with van der Waals surface area (Å²) in [5, 5.41) is 10.9. The number of carbonyl (C=O) groups is 1. The number of rotatable bonds is 5. The number of thiophene rings is 1. The Morgan fingerprint density at radius 1 is 1.38 bits per heavy atom. The summed E-state index contributed by atoms with van der Waals surface area (Å²) in [6.07, 6.45) is 0. The lowest BCUT2D eigenvalue weighted by Gasteiger charge is -2.09. The van der Waals surface area contributed by atoms with Crippen LogP contribution in [0.1, 0.15) is 15.2 Å². The molecule has 0 aliphatic rings. The van der Waals surface area contributed by atoms with Crippen molar-refractivity contribution in [1.29, 1.82) is 0 Å². The summed E-state index contributed by atoms with van der Waals surface area (Å²) in [7, 11) is -3.95. The summed E-state index contributed by atoms with van der Waals surface area (Å²) >= 11 is 4.69. The summed E-state index contributed by atoms with van der Waals surface area (Å²) in [6.45, 7) is 0.0734. The van der Waals surface area contributed by atoms with Crippen LogP contribution in [0.3, 0.4) is 0 Å². The van der Waals surface area contributed by atoms with Gasteiger partial charge in [0.15, 0.2) is 0 Å². The van der Waals surface area contributed by atoms with Crippen LogP contribution in [0, 0.1) is 0 Å². The van der Waals surface area contributed by atoms with Crippen molar-refractivity contribution >= 4 is 48.9 Å². The molecule has 0 radical (unpaired) electrons. The number of benzene rings is 1. The van der Waals surface area contributed by atoms with Crippen LogP contribution in [0.25, 0.3) is 0 Å². The SMILES string of the molecule is Nc1ccc(S(=O)(=O)NCc2sccc2Br)c(C(=O)O)c1. The molecular formula is C12H11BrN2O4S2. The van der Waals surface area contributed by atoms with Crippen molar-refractivity contribution < 1.29 is 18.3 Å². The van der Waals surface area contributed by atoms with Gasteiger partial charge in [-0.1, -0.05) is 0 Å². The van der Waals surface area contributed by atoms with Gasteiger partial charge in [-0.05, 0) is 45.6 Å². The molecule has 0 spiro atoms. The van der Waals surface area contributed by atoms with Crippen LogP contribution >= 0.6 is 27.3 Å². The topological polar surface area (TPSA) is 109 Å². The van der Waals surface area contributed by atoms with E-state index in [4.69, 9.17) is 10.8 Å². The summed E-state index contributed by atoms with van der Waals surface area (Å²) in [5.41, 5.74) is 5.33. The maximum Gasteiger partial charge on any atom is 0.337 e. The maximum absolute atomic E-state index is 12.2. The van der Waals surface area contributed by atoms with E-state index in [0.717, 1.165) is 15.4 Å². The molecule has 1 heterocycles. The first-order valence-corrected chi connectivity index (χ1v) is 8.81. The quantitative estimate of drug-likeness (QED) is 0.678. The van der Waals surface area contributed by atoms with E-state index < -0.39 is 16.0 Å². The number of carboxylic acids is 1. The van der Waals surface area contributed by atoms with Crippen LogP contribution in [-0.4, -0.2) is 19.5 Å². The zero-order valence-corrected chi connectivity index (χ0v) is 13.8. The second-order valence-corrected chi connectivity index (χ2v) is 7.67. The zero-order chi connectivity index (χ0) is 15.6. The van der Waals surface area contributed by atoms with Crippen molar-refractivity contribution in [2.45, 2.75) is 11.4 Å². The lowest BCUT2D eigenvalue weighted by atomic mass is 10.2. The Balaban J connectivity index is 2.32. The third-order valence-corrected chi connectivity index (χ3v) is 6.02. The van der Waals surface area contributed by atoms with Gasteiger partial charge < -0.3 is 10.8 Å². The van der Waals surface area contributed by atoms with Gasteiger partial charge >= 0.3 is 5.97 Å². The van der Waals surface area contributed by atoms with E-state index in [0.29, 0.717) is 0 Å². The average molecular weight is 391 g/mol. The lowest BCUT2D eigenvalue weighted by molar-refractivity contribution is 0.0692. The molecule has 6 nitrogen and oxygen atoms in total. The van der Waals surface area contributed by atoms with E-state index in [1.807, 2.05) is 5.38 Å². The van der Waals surface area contributed by atoms with Crippen molar-refractivity contribution in [2.24, 2.45) is 0 Å². The first kappa shape index (κ1) is 16.0.